The Kier molecular flexibility index (Phi) is 5.70. The molecule has 0 N–H and O–H groups in total. The number of aryl methyl sites for hydroxylation is 2. The minimum atomic E-state index is -0.242. The van der Waals surface area contributed by atoms with E-state index in [4.69, 9.17) is 24.3 Å². The van der Waals surface area contributed by atoms with Gasteiger partial charge in [0.05, 0.1) is 35.5 Å². The number of ether oxygens (including phenoxy) is 3. The first kappa shape index (κ1) is 23.9. The van der Waals surface area contributed by atoms with Crippen molar-refractivity contribution in [3.05, 3.63) is 119 Å². The molecule has 7 rings (SSSR count). The molecule has 3 aromatic carbocycles. The number of rotatable bonds is 6. The van der Waals surface area contributed by atoms with Crippen molar-refractivity contribution in [1.82, 2.24) is 29.4 Å². The highest BCUT2D eigenvalue weighted by Crippen LogP contribution is 2.49. The number of benzene rings is 3. The zero-order valence-electron chi connectivity index (χ0n) is 22.3. The predicted molar refractivity (Wildman–Crippen MR) is 149 cm³/mol. The van der Waals surface area contributed by atoms with Crippen molar-refractivity contribution < 1.29 is 14.2 Å². The summed E-state index contributed by atoms with van der Waals surface area (Å²) in [7, 11) is 1.66. The number of hydrogen-bond acceptors (Lipinski definition) is 7. The SMILES string of the molecule is COc1ccc([C@@H]2c3c(C)nn(-c4ccccc4)c3Oc3ncn4nc(COc5ccc(C)cc5)nc4c32)cc1. The fraction of sp³-hybridized carbons (Fsp3) is 0.161. The maximum Gasteiger partial charge on any atom is 0.230 e. The number of methoxy groups -OCH3 is 1. The molecule has 0 aliphatic carbocycles. The number of para-hydroxylation sites is 1. The van der Waals surface area contributed by atoms with Crippen LogP contribution in [0.15, 0.2) is 85.2 Å². The summed E-state index contributed by atoms with van der Waals surface area (Å²) in [4.78, 5) is 9.56. The molecule has 198 valence electrons. The highest BCUT2D eigenvalue weighted by atomic mass is 16.5. The van der Waals surface area contributed by atoms with E-state index in [1.165, 1.54) is 5.56 Å². The molecule has 6 aromatic rings. The van der Waals surface area contributed by atoms with Crippen LogP contribution in [0.2, 0.25) is 0 Å². The van der Waals surface area contributed by atoms with Crippen LogP contribution < -0.4 is 14.2 Å². The topological polar surface area (TPSA) is 88.6 Å². The van der Waals surface area contributed by atoms with E-state index in [1.807, 2.05) is 85.3 Å². The van der Waals surface area contributed by atoms with Gasteiger partial charge in [0.1, 0.15) is 24.4 Å². The van der Waals surface area contributed by atoms with E-state index in [1.54, 1.807) is 18.0 Å². The number of fused-ring (bicyclic) bond motifs is 4. The van der Waals surface area contributed by atoms with Crippen LogP contribution in [0.5, 0.6) is 23.3 Å². The van der Waals surface area contributed by atoms with Crippen molar-refractivity contribution in [2.45, 2.75) is 26.4 Å². The Bertz CT molecular complexity index is 1830. The summed E-state index contributed by atoms with van der Waals surface area (Å²) < 4.78 is 21.4. The molecule has 0 unspecified atom stereocenters. The van der Waals surface area contributed by atoms with Gasteiger partial charge in [0.25, 0.3) is 0 Å². The molecule has 0 saturated carbocycles. The van der Waals surface area contributed by atoms with Crippen LogP contribution in [-0.2, 0) is 6.61 Å². The molecule has 9 nitrogen and oxygen atoms in total. The molecule has 1 atom stereocenters. The van der Waals surface area contributed by atoms with Crippen molar-refractivity contribution in [1.29, 1.82) is 0 Å². The number of nitrogens with zero attached hydrogens (tertiary/aromatic N) is 6. The second-order valence-electron chi connectivity index (χ2n) is 9.72. The predicted octanol–water partition coefficient (Wildman–Crippen LogP) is 5.80. The minimum absolute atomic E-state index is 0.226. The number of aromatic nitrogens is 6. The Hall–Kier alpha value is -5.18. The smallest absolute Gasteiger partial charge is 0.230 e. The summed E-state index contributed by atoms with van der Waals surface area (Å²) >= 11 is 0. The summed E-state index contributed by atoms with van der Waals surface area (Å²) in [6.45, 7) is 4.27. The first-order chi connectivity index (χ1) is 19.6. The van der Waals surface area contributed by atoms with Gasteiger partial charge in [-0.25, -0.2) is 19.2 Å². The Balaban J connectivity index is 1.36. The summed E-state index contributed by atoms with van der Waals surface area (Å²) in [5.41, 5.74) is 6.41. The first-order valence-corrected chi connectivity index (χ1v) is 13.0. The van der Waals surface area contributed by atoms with Gasteiger partial charge < -0.3 is 14.2 Å². The van der Waals surface area contributed by atoms with Crippen LogP contribution in [0, 0.1) is 13.8 Å². The van der Waals surface area contributed by atoms with E-state index in [0.29, 0.717) is 23.2 Å². The molecule has 0 saturated heterocycles. The largest absolute Gasteiger partial charge is 0.497 e. The van der Waals surface area contributed by atoms with Crippen molar-refractivity contribution in [2.24, 2.45) is 0 Å². The van der Waals surface area contributed by atoms with E-state index in [-0.39, 0.29) is 12.5 Å². The Morgan fingerprint density at radius 2 is 1.60 bits per heavy atom. The van der Waals surface area contributed by atoms with E-state index < -0.39 is 0 Å². The van der Waals surface area contributed by atoms with Crippen LogP contribution in [0.25, 0.3) is 11.3 Å². The minimum Gasteiger partial charge on any atom is -0.497 e. The average Bonchev–Trinajstić information content (AvgIpc) is 3.57. The van der Waals surface area contributed by atoms with Gasteiger partial charge >= 0.3 is 0 Å². The van der Waals surface area contributed by atoms with E-state index in [0.717, 1.165) is 39.6 Å². The van der Waals surface area contributed by atoms with Crippen LogP contribution >= 0.6 is 0 Å². The average molecular weight is 531 g/mol. The van der Waals surface area contributed by atoms with Gasteiger partial charge in [-0.1, -0.05) is 48.0 Å². The van der Waals surface area contributed by atoms with Crippen LogP contribution in [0.3, 0.4) is 0 Å². The third-order valence-electron chi connectivity index (χ3n) is 7.10. The standard InChI is InChI=1S/C31H26N6O3/c1-19-9-13-24(14-10-19)39-17-25-33-29-28-27(21-11-15-23(38-3)16-12-21)26-20(2)34-37(22-7-5-4-6-8-22)31(26)40-30(28)32-18-36(29)35-25/h4-16,18,27H,17H2,1-3H3/t27-/m1/s1. The molecule has 1 aliphatic heterocycles. The summed E-state index contributed by atoms with van der Waals surface area (Å²) in [6.07, 6.45) is 1.63. The summed E-state index contributed by atoms with van der Waals surface area (Å²) in [6, 6.07) is 25.9. The molecular weight excluding hydrogens is 504 g/mol. The third-order valence-corrected chi connectivity index (χ3v) is 7.10. The molecule has 0 radical (unpaired) electrons. The van der Waals surface area contributed by atoms with Crippen molar-refractivity contribution in [3.8, 4) is 28.9 Å². The van der Waals surface area contributed by atoms with Crippen LogP contribution in [-0.4, -0.2) is 36.5 Å². The van der Waals surface area contributed by atoms with Gasteiger partial charge in [0.15, 0.2) is 11.5 Å². The van der Waals surface area contributed by atoms with Crippen LogP contribution in [0.4, 0.5) is 0 Å². The van der Waals surface area contributed by atoms with E-state index in [2.05, 4.69) is 22.2 Å². The highest BCUT2D eigenvalue weighted by Gasteiger charge is 2.38. The Morgan fingerprint density at radius 3 is 2.35 bits per heavy atom. The van der Waals surface area contributed by atoms with Crippen molar-refractivity contribution in [3.63, 3.8) is 0 Å². The maximum absolute atomic E-state index is 6.49. The van der Waals surface area contributed by atoms with Gasteiger partial charge in [-0.3, -0.25) is 0 Å². The molecule has 9 heteroatoms. The molecule has 3 aromatic heterocycles. The summed E-state index contributed by atoms with van der Waals surface area (Å²) in [5, 5.41) is 9.55. The Labute approximate surface area is 230 Å². The lowest BCUT2D eigenvalue weighted by atomic mass is 9.84. The van der Waals surface area contributed by atoms with Gasteiger partial charge in [-0.15, -0.1) is 5.10 Å². The molecule has 0 fully saturated rings. The molecule has 40 heavy (non-hydrogen) atoms. The molecular formula is C31H26N6O3. The lowest BCUT2D eigenvalue weighted by Crippen LogP contribution is -2.16. The zero-order valence-corrected chi connectivity index (χ0v) is 22.3. The van der Waals surface area contributed by atoms with Gasteiger partial charge in [-0.05, 0) is 55.8 Å². The Morgan fingerprint density at radius 1 is 0.850 bits per heavy atom. The monoisotopic (exact) mass is 530 g/mol. The normalized spacial score (nSPS) is 13.9. The molecule has 0 amide bonds. The first-order valence-electron chi connectivity index (χ1n) is 13.0. The fourth-order valence-corrected chi connectivity index (χ4v) is 5.14. The highest BCUT2D eigenvalue weighted by molar-refractivity contribution is 5.66. The number of hydrogen-bond donors (Lipinski definition) is 0. The van der Waals surface area contributed by atoms with Crippen molar-refractivity contribution >= 4 is 5.65 Å². The van der Waals surface area contributed by atoms with Gasteiger partial charge in [0.2, 0.25) is 11.8 Å². The second kappa shape index (κ2) is 9.53. The second-order valence-corrected chi connectivity index (χ2v) is 9.72. The van der Waals surface area contributed by atoms with E-state index in [9.17, 15) is 0 Å². The van der Waals surface area contributed by atoms with Crippen molar-refractivity contribution in [2.75, 3.05) is 7.11 Å². The van der Waals surface area contributed by atoms with Crippen LogP contribution in [0.1, 0.15) is 39.7 Å². The van der Waals surface area contributed by atoms with Gasteiger partial charge in [0, 0.05) is 0 Å². The molecule has 4 heterocycles. The van der Waals surface area contributed by atoms with E-state index >= 15 is 0 Å². The maximum atomic E-state index is 6.49. The fourth-order valence-electron chi connectivity index (χ4n) is 5.14. The summed E-state index contributed by atoms with van der Waals surface area (Å²) in [5.74, 6) is 2.95. The quantitative estimate of drug-likeness (QED) is 0.268. The lowest BCUT2D eigenvalue weighted by molar-refractivity contribution is 0.296. The lowest BCUT2D eigenvalue weighted by Gasteiger charge is -2.26. The molecule has 0 bridgehead atoms. The zero-order chi connectivity index (χ0) is 27.2. The molecule has 1 aliphatic rings. The molecule has 0 spiro atoms. The third kappa shape index (κ3) is 4.03. The van der Waals surface area contributed by atoms with Gasteiger partial charge in [-0.2, -0.15) is 5.10 Å².